The summed E-state index contributed by atoms with van der Waals surface area (Å²) in [5.74, 6) is -1.49. The van der Waals surface area contributed by atoms with Gasteiger partial charge in [0.15, 0.2) is 0 Å². The van der Waals surface area contributed by atoms with E-state index in [1.807, 2.05) is 12.1 Å². The summed E-state index contributed by atoms with van der Waals surface area (Å²) in [6, 6.07) is 14.4. The molecule has 0 aliphatic carbocycles. The molecule has 23 heavy (non-hydrogen) atoms. The molecule has 0 spiro atoms. The zero-order chi connectivity index (χ0) is 16.1. The van der Waals surface area contributed by atoms with Crippen LogP contribution in [0.15, 0.2) is 54.6 Å². The second-order valence-electron chi connectivity index (χ2n) is 5.25. The number of nitrogens with zero attached hydrogens (tertiary/aromatic N) is 1. The molecule has 3 nitrogen and oxygen atoms in total. The van der Waals surface area contributed by atoms with Crippen LogP contribution in [-0.2, 0) is 0 Å². The van der Waals surface area contributed by atoms with Gasteiger partial charge in [-0.1, -0.05) is 35.9 Å². The lowest BCUT2D eigenvalue weighted by Crippen LogP contribution is -2.40. The van der Waals surface area contributed by atoms with Gasteiger partial charge >= 0.3 is 0 Å². The van der Waals surface area contributed by atoms with Gasteiger partial charge in [-0.05, 0) is 35.7 Å². The number of anilines is 1. The Morgan fingerprint density at radius 1 is 0.870 bits per heavy atom. The Balaban J connectivity index is 1.97. The smallest absolute Gasteiger partial charge is 0.265 e. The van der Waals surface area contributed by atoms with Crippen molar-refractivity contribution in [2.24, 2.45) is 0 Å². The van der Waals surface area contributed by atoms with Crippen molar-refractivity contribution in [3.05, 3.63) is 76.6 Å². The molecule has 1 heterocycles. The van der Waals surface area contributed by atoms with Gasteiger partial charge in [0.25, 0.3) is 11.8 Å². The molecule has 2 amide bonds. The first-order valence-corrected chi connectivity index (χ1v) is 7.31. The lowest BCUT2D eigenvalue weighted by molar-refractivity contribution is 0.0893. The largest absolute Gasteiger partial charge is 0.268 e. The van der Waals surface area contributed by atoms with Crippen LogP contribution in [0, 0.1) is 5.82 Å². The van der Waals surface area contributed by atoms with E-state index in [4.69, 9.17) is 11.6 Å². The van der Waals surface area contributed by atoms with Crippen molar-refractivity contribution in [1.29, 1.82) is 0 Å². The summed E-state index contributed by atoms with van der Waals surface area (Å²) < 4.78 is 13.4. The number of halogens is 2. The number of rotatable bonds is 1. The quantitative estimate of drug-likeness (QED) is 0.621. The van der Waals surface area contributed by atoms with Crippen molar-refractivity contribution in [3.63, 3.8) is 0 Å². The number of benzene rings is 3. The van der Waals surface area contributed by atoms with E-state index < -0.39 is 17.6 Å². The Morgan fingerprint density at radius 2 is 1.48 bits per heavy atom. The number of hydrogen-bond donors (Lipinski definition) is 0. The highest BCUT2D eigenvalue weighted by Gasteiger charge is 2.33. The fourth-order valence-electron chi connectivity index (χ4n) is 2.89. The van der Waals surface area contributed by atoms with Gasteiger partial charge in [-0.2, -0.15) is 0 Å². The van der Waals surface area contributed by atoms with E-state index in [1.54, 1.807) is 24.3 Å². The van der Waals surface area contributed by atoms with E-state index in [0.29, 0.717) is 16.5 Å². The van der Waals surface area contributed by atoms with Crippen LogP contribution >= 0.6 is 11.6 Å². The van der Waals surface area contributed by atoms with Crippen molar-refractivity contribution in [2.75, 3.05) is 4.90 Å². The number of hydrogen-bond acceptors (Lipinski definition) is 2. The maximum atomic E-state index is 13.4. The molecule has 0 radical (unpaired) electrons. The zero-order valence-electron chi connectivity index (χ0n) is 11.7. The molecule has 0 unspecified atom stereocenters. The van der Waals surface area contributed by atoms with Gasteiger partial charge in [-0.15, -0.1) is 0 Å². The van der Waals surface area contributed by atoms with Crippen LogP contribution in [0.2, 0.25) is 5.02 Å². The van der Waals surface area contributed by atoms with Crippen LogP contribution in [0.5, 0.6) is 0 Å². The summed E-state index contributed by atoms with van der Waals surface area (Å²) in [6.07, 6.45) is 0. The SMILES string of the molecule is O=C1c2cccc3cccc(c23)C(=O)N1c1ccc(F)c(Cl)c1. The van der Waals surface area contributed by atoms with Gasteiger partial charge in [-0.25, -0.2) is 9.29 Å². The number of amides is 2. The Hall–Kier alpha value is -2.72. The monoisotopic (exact) mass is 325 g/mol. The highest BCUT2D eigenvalue weighted by molar-refractivity contribution is 6.36. The summed E-state index contributed by atoms with van der Waals surface area (Å²) in [4.78, 5) is 26.6. The molecule has 1 aliphatic rings. The van der Waals surface area contributed by atoms with Crippen molar-refractivity contribution in [1.82, 2.24) is 0 Å². The normalized spacial score (nSPS) is 13.7. The first-order valence-electron chi connectivity index (χ1n) is 6.93. The first-order chi connectivity index (χ1) is 11.1. The van der Waals surface area contributed by atoms with Gasteiger partial charge in [0.2, 0.25) is 0 Å². The molecular weight excluding hydrogens is 317 g/mol. The predicted octanol–water partition coefficient (Wildman–Crippen LogP) is 4.43. The second kappa shape index (κ2) is 4.89. The van der Waals surface area contributed by atoms with Crippen LogP contribution in [0.4, 0.5) is 10.1 Å². The van der Waals surface area contributed by atoms with Crippen LogP contribution in [0.3, 0.4) is 0 Å². The molecule has 0 aromatic heterocycles. The fourth-order valence-corrected chi connectivity index (χ4v) is 3.06. The third-order valence-corrected chi connectivity index (χ3v) is 4.22. The summed E-state index contributed by atoms with van der Waals surface area (Å²) in [6.45, 7) is 0. The molecule has 4 rings (SSSR count). The fraction of sp³-hybridized carbons (Fsp3) is 0. The molecule has 0 bridgehead atoms. The molecule has 3 aromatic rings. The van der Waals surface area contributed by atoms with Gasteiger partial charge in [0.1, 0.15) is 5.82 Å². The van der Waals surface area contributed by atoms with E-state index in [-0.39, 0.29) is 10.7 Å². The Bertz CT molecular complexity index is 949. The predicted molar refractivity (Wildman–Crippen MR) is 86.5 cm³/mol. The van der Waals surface area contributed by atoms with Gasteiger partial charge in [-0.3, -0.25) is 9.59 Å². The van der Waals surface area contributed by atoms with Crippen molar-refractivity contribution < 1.29 is 14.0 Å². The molecule has 3 aromatic carbocycles. The topological polar surface area (TPSA) is 37.4 Å². The van der Waals surface area contributed by atoms with Crippen molar-refractivity contribution in [2.45, 2.75) is 0 Å². The van der Waals surface area contributed by atoms with Crippen LogP contribution in [0.25, 0.3) is 10.8 Å². The highest BCUT2D eigenvalue weighted by Crippen LogP contribution is 2.33. The maximum absolute atomic E-state index is 13.4. The third-order valence-electron chi connectivity index (χ3n) is 3.93. The van der Waals surface area contributed by atoms with Crippen LogP contribution in [-0.4, -0.2) is 11.8 Å². The number of carbonyl (C=O) groups is 2. The van der Waals surface area contributed by atoms with Crippen molar-refractivity contribution >= 4 is 39.9 Å². The minimum atomic E-state index is -0.602. The maximum Gasteiger partial charge on any atom is 0.265 e. The minimum absolute atomic E-state index is 0.139. The second-order valence-corrected chi connectivity index (χ2v) is 5.66. The Labute approximate surface area is 135 Å². The average molecular weight is 326 g/mol. The summed E-state index contributed by atoms with van der Waals surface area (Å²) in [5.41, 5.74) is 1.13. The molecule has 0 N–H and O–H groups in total. The van der Waals surface area contributed by atoms with Crippen LogP contribution < -0.4 is 4.90 Å². The molecule has 0 atom stereocenters. The van der Waals surface area contributed by atoms with E-state index in [2.05, 4.69) is 0 Å². The number of imide groups is 1. The molecule has 5 heteroatoms. The lowest BCUT2D eigenvalue weighted by atomic mass is 9.94. The van der Waals surface area contributed by atoms with E-state index >= 15 is 0 Å². The minimum Gasteiger partial charge on any atom is -0.268 e. The number of carbonyl (C=O) groups excluding carboxylic acids is 2. The van der Waals surface area contributed by atoms with Gasteiger partial charge in [0.05, 0.1) is 10.7 Å². The lowest BCUT2D eigenvalue weighted by Gasteiger charge is -2.27. The zero-order valence-corrected chi connectivity index (χ0v) is 12.5. The summed E-state index contributed by atoms with van der Waals surface area (Å²) in [7, 11) is 0. The van der Waals surface area contributed by atoms with Gasteiger partial charge in [0, 0.05) is 16.5 Å². The van der Waals surface area contributed by atoms with Crippen LogP contribution in [0.1, 0.15) is 20.7 Å². The molecular formula is C18H9ClFNO2. The standard InChI is InChI=1S/C18H9ClFNO2/c19-14-9-11(7-8-15(14)20)21-17(22)12-5-1-3-10-4-2-6-13(16(10)12)18(21)23/h1-9H. The summed E-state index contributed by atoms with van der Waals surface area (Å²) in [5, 5.41) is 1.34. The van der Waals surface area contributed by atoms with Crippen molar-refractivity contribution in [3.8, 4) is 0 Å². The molecule has 0 saturated carbocycles. The molecule has 1 aliphatic heterocycles. The van der Waals surface area contributed by atoms with E-state index in [0.717, 1.165) is 16.4 Å². The third kappa shape index (κ3) is 1.95. The van der Waals surface area contributed by atoms with Gasteiger partial charge < -0.3 is 0 Å². The average Bonchev–Trinajstić information content (AvgIpc) is 2.56. The molecule has 0 fully saturated rings. The van der Waals surface area contributed by atoms with E-state index in [1.165, 1.54) is 12.1 Å². The first kappa shape index (κ1) is 13.9. The Kier molecular flexibility index (Phi) is 2.96. The van der Waals surface area contributed by atoms with E-state index in [9.17, 15) is 14.0 Å². The Morgan fingerprint density at radius 3 is 2.04 bits per heavy atom. The highest BCUT2D eigenvalue weighted by atomic mass is 35.5. The molecule has 112 valence electrons. The molecule has 0 saturated heterocycles. The summed E-state index contributed by atoms with van der Waals surface area (Å²) >= 11 is 5.79.